The van der Waals surface area contributed by atoms with Gasteiger partial charge in [-0.15, -0.1) is 0 Å². The van der Waals surface area contributed by atoms with Crippen LogP contribution in [-0.2, 0) is 13.5 Å². The standard InChI is InChI=1S/C21H21N3O3/c1-14(16-8-10-17(11-9-16)21(26)27)23-20(25)18-13-22-24(2)19(18)12-15-6-4-3-5-7-15/h3-11,13-14H,12H2,1-2H3,(H,23,25)(H,26,27)/t14-/m1/s1. The number of hydrogen-bond donors (Lipinski definition) is 2. The number of carbonyl (C=O) groups is 2. The Balaban J connectivity index is 1.75. The summed E-state index contributed by atoms with van der Waals surface area (Å²) in [4.78, 5) is 23.7. The molecule has 0 saturated heterocycles. The van der Waals surface area contributed by atoms with E-state index in [0.717, 1.165) is 16.8 Å². The lowest BCUT2D eigenvalue weighted by Crippen LogP contribution is -2.27. The molecule has 3 rings (SSSR count). The van der Waals surface area contributed by atoms with Gasteiger partial charge in [0, 0.05) is 13.5 Å². The molecule has 0 bridgehead atoms. The maximum Gasteiger partial charge on any atom is 0.335 e. The molecule has 138 valence electrons. The lowest BCUT2D eigenvalue weighted by molar-refractivity contribution is 0.0696. The van der Waals surface area contributed by atoms with E-state index in [1.807, 2.05) is 44.3 Å². The van der Waals surface area contributed by atoms with E-state index in [1.165, 1.54) is 12.1 Å². The smallest absolute Gasteiger partial charge is 0.335 e. The minimum atomic E-state index is -0.973. The van der Waals surface area contributed by atoms with Gasteiger partial charge in [-0.3, -0.25) is 9.48 Å². The number of aromatic nitrogens is 2. The zero-order chi connectivity index (χ0) is 19.4. The third-order valence-corrected chi connectivity index (χ3v) is 4.53. The van der Waals surface area contributed by atoms with Crippen molar-refractivity contribution in [2.75, 3.05) is 0 Å². The Kier molecular flexibility index (Phi) is 5.35. The number of carboxylic acid groups (broad SMARTS) is 1. The minimum absolute atomic E-state index is 0.205. The first-order valence-corrected chi connectivity index (χ1v) is 8.64. The van der Waals surface area contributed by atoms with E-state index in [2.05, 4.69) is 10.4 Å². The van der Waals surface area contributed by atoms with Crippen LogP contribution in [0.5, 0.6) is 0 Å². The normalized spacial score (nSPS) is 11.8. The Labute approximate surface area is 157 Å². The molecule has 0 saturated carbocycles. The molecule has 0 radical (unpaired) electrons. The molecule has 0 aliphatic heterocycles. The van der Waals surface area contributed by atoms with Gasteiger partial charge in [0.25, 0.3) is 5.91 Å². The molecular formula is C21H21N3O3. The quantitative estimate of drug-likeness (QED) is 0.704. The molecule has 0 fully saturated rings. The molecule has 1 aromatic heterocycles. The minimum Gasteiger partial charge on any atom is -0.478 e. The number of nitrogens with one attached hydrogen (secondary N) is 1. The Morgan fingerprint density at radius 2 is 1.78 bits per heavy atom. The van der Waals surface area contributed by atoms with Gasteiger partial charge in [-0.1, -0.05) is 42.5 Å². The number of benzene rings is 2. The average molecular weight is 363 g/mol. The van der Waals surface area contributed by atoms with Crippen molar-refractivity contribution >= 4 is 11.9 Å². The number of carbonyl (C=O) groups excluding carboxylic acids is 1. The van der Waals surface area contributed by atoms with E-state index in [0.29, 0.717) is 12.0 Å². The summed E-state index contributed by atoms with van der Waals surface area (Å²) in [6.07, 6.45) is 2.19. The number of aromatic carboxylic acids is 1. The van der Waals surface area contributed by atoms with Gasteiger partial charge in [-0.2, -0.15) is 5.10 Å². The van der Waals surface area contributed by atoms with Gasteiger partial charge in [0.15, 0.2) is 0 Å². The van der Waals surface area contributed by atoms with Crippen molar-refractivity contribution in [1.82, 2.24) is 15.1 Å². The largest absolute Gasteiger partial charge is 0.478 e. The van der Waals surface area contributed by atoms with Gasteiger partial charge in [0.2, 0.25) is 0 Å². The van der Waals surface area contributed by atoms with E-state index in [9.17, 15) is 9.59 Å². The van der Waals surface area contributed by atoms with Crippen molar-refractivity contribution < 1.29 is 14.7 Å². The molecule has 3 aromatic rings. The van der Waals surface area contributed by atoms with Gasteiger partial charge >= 0.3 is 5.97 Å². The van der Waals surface area contributed by atoms with Gasteiger partial charge in [0.05, 0.1) is 29.1 Å². The molecule has 1 atom stereocenters. The highest BCUT2D eigenvalue weighted by Gasteiger charge is 2.19. The molecule has 27 heavy (non-hydrogen) atoms. The summed E-state index contributed by atoms with van der Waals surface area (Å²) in [5, 5.41) is 16.2. The fourth-order valence-corrected chi connectivity index (χ4v) is 2.92. The SMILES string of the molecule is C[C@@H](NC(=O)c1cnn(C)c1Cc1ccccc1)c1ccc(C(=O)O)cc1. The van der Waals surface area contributed by atoms with Gasteiger partial charge in [-0.05, 0) is 30.2 Å². The van der Waals surface area contributed by atoms with E-state index < -0.39 is 5.97 Å². The fourth-order valence-electron chi connectivity index (χ4n) is 2.92. The molecule has 2 aromatic carbocycles. The van der Waals surface area contributed by atoms with Crippen molar-refractivity contribution in [2.45, 2.75) is 19.4 Å². The first-order chi connectivity index (χ1) is 13.0. The third-order valence-electron chi connectivity index (χ3n) is 4.53. The lowest BCUT2D eigenvalue weighted by Gasteiger charge is -2.15. The van der Waals surface area contributed by atoms with Gasteiger partial charge < -0.3 is 10.4 Å². The third kappa shape index (κ3) is 4.23. The van der Waals surface area contributed by atoms with Crippen molar-refractivity contribution in [2.24, 2.45) is 7.05 Å². The summed E-state index contributed by atoms with van der Waals surface area (Å²) in [5.74, 6) is -1.18. The van der Waals surface area contributed by atoms with E-state index >= 15 is 0 Å². The van der Waals surface area contributed by atoms with Crippen LogP contribution < -0.4 is 5.32 Å². The predicted molar refractivity (Wildman–Crippen MR) is 102 cm³/mol. The van der Waals surface area contributed by atoms with Crippen LogP contribution in [0.4, 0.5) is 0 Å². The second-order valence-corrected chi connectivity index (χ2v) is 6.41. The zero-order valence-electron chi connectivity index (χ0n) is 15.2. The molecule has 0 aliphatic carbocycles. The van der Waals surface area contributed by atoms with E-state index in [4.69, 9.17) is 5.11 Å². The second-order valence-electron chi connectivity index (χ2n) is 6.41. The Morgan fingerprint density at radius 1 is 1.11 bits per heavy atom. The number of rotatable bonds is 6. The molecular weight excluding hydrogens is 342 g/mol. The second kappa shape index (κ2) is 7.86. The van der Waals surface area contributed by atoms with Gasteiger partial charge in [0.1, 0.15) is 0 Å². The topological polar surface area (TPSA) is 84.2 Å². The number of carboxylic acids is 1. The van der Waals surface area contributed by atoms with E-state index in [1.54, 1.807) is 23.0 Å². The van der Waals surface area contributed by atoms with Crippen LogP contribution in [0.3, 0.4) is 0 Å². The molecule has 6 heteroatoms. The highest BCUT2D eigenvalue weighted by molar-refractivity contribution is 5.95. The maximum atomic E-state index is 12.8. The van der Waals surface area contributed by atoms with Crippen LogP contribution in [0.1, 0.15) is 50.5 Å². The van der Waals surface area contributed by atoms with Crippen molar-refractivity contribution in [3.05, 3.63) is 88.7 Å². The highest BCUT2D eigenvalue weighted by Crippen LogP contribution is 2.17. The summed E-state index contributed by atoms with van der Waals surface area (Å²) >= 11 is 0. The summed E-state index contributed by atoms with van der Waals surface area (Å²) in [6.45, 7) is 1.86. The summed E-state index contributed by atoms with van der Waals surface area (Å²) in [5.41, 5.74) is 3.53. The predicted octanol–water partition coefficient (Wildman–Crippen LogP) is 3.20. The molecule has 0 unspecified atom stereocenters. The fraction of sp³-hybridized carbons (Fsp3) is 0.190. The monoisotopic (exact) mass is 363 g/mol. The van der Waals surface area contributed by atoms with Crippen LogP contribution in [0, 0.1) is 0 Å². The molecule has 1 heterocycles. The molecule has 1 amide bonds. The summed E-state index contributed by atoms with van der Waals surface area (Å²) < 4.78 is 1.72. The number of aryl methyl sites for hydroxylation is 1. The number of nitrogens with zero attached hydrogens (tertiary/aromatic N) is 2. The van der Waals surface area contributed by atoms with Crippen LogP contribution in [-0.4, -0.2) is 26.8 Å². The Bertz CT molecular complexity index is 947. The number of hydrogen-bond acceptors (Lipinski definition) is 3. The van der Waals surface area contributed by atoms with Crippen LogP contribution >= 0.6 is 0 Å². The average Bonchev–Trinajstić information content (AvgIpc) is 3.03. The van der Waals surface area contributed by atoms with Crippen LogP contribution in [0.15, 0.2) is 60.8 Å². The van der Waals surface area contributed by atoms with Crippen molar-refractivity contribution in [3.63, 3.8) is 0 Å². The van der Waals surface area contributed by atoms with E-state index in [-0.39, 0.29) is 17.5 Å². The Hall–Kier alpha value is -3.41. The van der Waals surface area contributed by atoms with Gasteiger partial charge in [-0.25, -0.2) is 4.79 Å². The molecule has 0 spiro atoms. The first kappa shape index (κ1) is 18.4. The van der Waals surface area contributed by atoms with Crippen LogP contribution in [0.25, 0.3) is 0 Å². The summed E-state index contributed by atoms with van der Waals surface area (Å²) in [7, 11) is 1.82. The molecule has 6 nitrogen and oxygen atoms in total. The maximum absolute atomic E-state index is 12.8. The lowest BCUT2D eigenvalue weighted by atomic mass is 10.0. The van der Waals surface area contributed by atoms with Crippen LogP contribution in [0.2, 0.25) is 0 Å². The highest BCUT2D eigenvalue weighted by atomic mass is 16.4. The van der Waals surface area contributed by atoms with Crippen molar-refractivity contribution in [1.29, 1.82) is 0 Å². The zero-order valence-corrected chi connectivity index (χ0v) is 15.2. The van der Waals surface area contributed by atoms with Crippen molar-refractivity contribution in [3.8, 4) is 0 Å². The Morgan fingerprint density at radius 3 is 2.41 bits per heavy atom. The molecule has 0 aliphatic rings. The summed E-state index contributed by atoms with van der Waals surface area (Å²) in [6, 6.07) is 16.1. The first-order valence-electron chi connectivity index (χ1n) is 8.64. The number of amides is 1. The molecule has 2 N–H and O–H groups in total.